The van der Waals surface area contributed by atoms with E-state index in [0.29, 0.717) is 13.0 Å². The quantitative estimate of drug-likeness (QED) is 0.604. The molecule has 3 aromatic rings. The van der Waals surface area contributed by atoms with Crippen molar-refractivity contribution in [3.8, 4) is 11.1 Å². The number of hydrogen-bond acceptors (Lipinski definition) is 3. The molecule has 0 unspecified atom stereocenters. The summed E-state index contributed by atoms with van der Waals surface area (Å²) < 4.78 is 41.0. The molecule has 1 N–H and O–H groups in total. The van der Waals surface area contributed by atoms with Crippen LogP contribution in [-0.2, 0) is 27.9 Å². The zero-order chi connectivity index (χ0) is 21.8. The highest BCUT2D eigenvalue weighted by Crippen LogP contribution is 2.25. The van der Waals surface area contributed by atoms with Gasteiger partial charge in [0, 0.05) is 26.1 Å². The van der Waals surface area contributed by atoms with Gasteiger partial charge in [0.2, 0.25) is 15.9 Å². The van der Waals surface area contributed by atoms with Crippen LogP contribution < -0.4 is 4.72 Å². The number of likely N-dealkylation sites (tertiary alicyclic amines) is 1. The van der Waals surface area contributed by atoms with E-state index in [1.165, 1.54) is 18.2 Å². The molecule has 0 aromatic heterocycles. The summed E-state index contributed by atoms with van der Waals surface area (Å²) >= 11 is 0. The lowest BCUT2D eigenvalue weighted by Gasteiger charge is -2.16. The Morgan fingerprint density at radius 2 is 1.74 bits per heavy atom. The van der Waals surface area contributed by atoms with Crippen LogP contribution in [-0.4, -0.2) is 25.8 Å². The minimum Gasteiger partial charge on any atom is -0.338 e. The second-order valence-corrected chi connectivity index (χ2v) is 9.32. The molecule has 0 saturated carbocycles. The van der Waals surface area contributed by atoms with E-state index in [1.54, 1.807) is 0 Å². The number of rotatable bonds is 7. The van der Waals surface area contributed by atoms with E-state index >= 15 is 0 Å². The molecule has 1 fully saturated rings. The van der Waals surface area contributed by atoms with Crippen LogP contribution in [0.15, 0.2) is 77.7 Å². The highest BCUT2D eigenvalue weighted by molar-refractivity contribution is 7.89. The Hall–Kier alpha value is -3.03. The summed E-state index contributed by atoms with van der Waals surface area (Å²) in [5.74, 6) is -0.404. The van der Waals surface area contributed by atoms with Gasteiger partial charge in [-0.3, -0.25) is 4.79 Å². The Morgan fingerprint density at radius 3 is 2.45 bits per heavy atom. The maximum Gasteiger partial charge on any atom is 0.240 e. The molecule has 0 radical (unpaired) electrons. The van der Waals surface area contributed by atoms with E-state index in [4.69, 9.17) is 0 Å². The fourth-order valence-electron chi connectivity index (χ4n) is 3.73. The molecular weight excluding hydrogens is 415 g/mol. The monoisotopic (exact) mass is 438 g/mol. The summed E-state index contributed by atoms with van der Waals surface area (Å²) in [4.78, 5) is 13.6. The van der Waals surface area contributed by atoms with E-state index < -0.39 is 15.8 Å². The molecule has 31 heavy (non-hydrogen) atoms. The molecule has 5 nitrogen and oxygen atoms in total. The number of amides is 1. The summed E-state index contributed by atoms with van der Waals surface area (Å²) in [6, 6.07) is 20.4. The van der Waals surface area contributed by atoms with Crippen molar-refractivity contribution in [1.29, 1.82) is 0 Å². The van der Waals surface area contributed by atoms with Crippen LogP contribution in [0.3, 0.4) is 0 Å². The van der Waals surface area contributed by atoms with Gasteiger partial charge in [0.15, 0.2) is 0 Å². The van der Waals surface area contributed by atoms with Crippen molar-refractivity contribution in [3.63, 3.8) is 0 Å². The van der Waals surface area contributed by atoms with Gasteiger partial charge in [-0.1, -0.05) is 54.6 Å². The molecule has 1 heterocycles. The highest BCUT2D eigenvalue weighted by Gasteiger charge is 2.20. The first-order chi connectivity index (χ1) is 14.9. The van der Waals surface area contributed by atoms with Crippen LogP contribution >= 0.6 is 0 Å². The fraction of sp³-hybridized carbons (Fsp3) is 0.208. The topological polar surface area (TPSA) is 66.5 Å². The molecule has 1 aliphatic rings. The number of benzene rings is 3. The van der Waals surface area contributed by atoms with Crippen molar-refractivity contribution in [1.82, 2.24) is 9.62 Å². The van der Waals surface area contributed by atoms with Gasteiger partial charge in [-0.25, -0.2) is 17.5 Å². The van der Waals surface area contributed by atoms with Gasteiger partial charge in [0.05, 0.1) is 4.90 Å². The summed E-state index contributed by atoms with van der Waals surface area (Å²) in [5.41, 5.74) is 3.73. The van der Waals surface area contributed by atoms with E-state index in [1.807, 2.05) is 53.4 Å². The lowest BCUT2D eigenvalue weighted by atomic mass is 9.98. The average Bonchev–Trinajstić information content (AvgIpc) is 3.17. The third-order valence-electron chi connectivity index (χ3n) is 5.39. The van der Waals surface area contributed by atoms with Gasteiger partial charge in [0.1, 0.15) is 5.82 Å². The Labute approximate surface area is 181 Å². The predicted octanol–water partition coefficient (Wildman–Crippen LogP) is 4.09. The Bertz CT molecular complexity index is 1190. The lowest BCUT2D eigenvalue weighted by molar-refractivity contribution is -0.128. The van der Waals surface area contributed by atoms with Crippen molar-refractivity contribution in [3.05, 3.63) is 89.7 Å². The fourth-order valence-corrected chi connectivity index (χ4v) is 4.77. The summed E-state index contributed by atoms with van der Waals surface area (Å²) in [7, 11) is -3.83. The van der Waals surface area contributed by atoms with Gasteiger partial charge < -0.3 is 4.90 Å². The van der Waals surface area contributed by atoms with Crippen molar-refractivity contribution in [2.75, 3.05) is 6.54 Å². The van der Waals surface area contributed by atoms with Crippen LogP contribution in [0, 0.1) is 5.82 Å². The van der Waals surface area contributed by atoms with Gasteiger partial charge in [-0.2, -0.15) is 0 Å². The molecule has 0 atom stereocenters. The number of carbonyl (C=O) groups excluding carboxylic acids is 1. The third-order valence-corrected chi connectivity index (χ3v) is 6.79. The number of carbonyl (C=O) groups is 1. The number of nitrogens with one attached hydrogen (secondary N) is 1. The van der Waals surface area contributed by atoms with E-state index in [-0.39, 0.29) is 17.3 Å². The Kier molecular flexibility index (Phi) is 6.15. The van der Waals surface area contributed by atoms with Crippen molar-refractivity contribution in [2.45, 2.75) is 30.8 Å². The van der Waals surface area contributed by atoms with Crippen LogP contribution in [0.4, 0.5) is 4.39 Å². The minimum absolute atomic E-state index is 0.0824. The number of sulfonamides is 1. The lowest BCUT2D eigenvalue weighted by Crippen LogP contribution is -2.23. The van der Waals surface area contributed by atoms with Gasteiger partial charge in [-0.15, -0.1) is 0 Å². The predicted molar refractivity (Wildman–Crippen MR) is 117 cm³/mol. The molecule has 0 aliphatic carbocycles. The molecule has 1 aliphatic heterocycles. The highest BCUT2D eigenvalue weighted by atomic mass is 32.2. The number of halogens is 1. The number of hydrogen-bond donors (Lipinski definition) is 1. The van der Waals surface area contributed by atoms with E-state index in [0.717, 1.165) is 41.3 Å². The first-order valence-electron chi connectivity index (χ1n) is 10.1. The second-order valence-electron chi connectivity index (χ2n) is 7.55. The van der Waals surface area contributed by atoms with Crippen LogP contribution in [0.2, 0.25) is 0 Å². The van der Waals surface area contributed by atoms with Crippen LogP contribution in [0.1, 0.15) is 24.0 Å². The standard InChI is InChI=1S/C24H23FN2O3S/c25-21-6-3-7-22(15-21)31(29,30)26-16-20-5-1-2-8-23(20)19-12-10-18(11-13-19)17-27-14-4-9-24(27)28/h1-3,5-8,10-13,15,26H,4,9,14,16-17H2. The first kappa shape index (κ1) is 21.2. The molecule has 3 aromatic carbocycles. The van der Waals surface area contributed by atoms with E-state index in [2.05, 4.69) is 4.72 Å². The SMILES string of the molecule is O=C1CCCN1Cc1ccc(-c2ccccc2CNS(=O)(=O)c2cccc(F)c2)cc1. The molecule has 160 valence electrons. The van der Waals surface area contributed by atoms with Gasteiger partial charge >= 0.3 is 0 Å². The normalized spacial score (nSPS) is 14.2. The summed E-state index contributed by atoms with van der Waals surface area (Å²) in [6.45, 7) is 1.49. The molecule has 4 rings (SSSR count). The zero-order valence-electron chi connectivity index (χ0n) is 16.9. The molecule has 7 heteroatoms. The molecular formula is C24H23FN2O3S. The van der Waals surface area contributed by atoms with E-state index in [9.17, 15) is 17.6 Å². The minimum atomic E-state index is -3.83. The first-order valence-corrected chi connectivity index (χ1v) is 11.6. The number of nitrogens with zero attached hydrogens (tertiary/aromatic N) is 1. The van der Waals surface area contributed by atoms with Crippen molar-refractivity contribution < 1.29 is 17.6 Å². The average molecular weight is 439 g/mol. The smallest absolute Gasteiger partial charge is 0.240 e. The molecule has 1 amide bonds. The zero-order valence-corrected chi connectivity index (χ0v) is 17.7. The summed E-state index contributed by atoms with van der Waals surface area (Å²) in [6.07, 6.45) is 1.53. The molecule has 0 bridgehead atoms. The summed E-state index contributed by atoms with van der Waals surface area (Å²) in [5, 5.41) is 0. The van der Waals surface area contributed by atoms with Crippen molar-refractivity contribution >= 4 is 15.9 Å². The van der Waals surface area contributed by atoms with Crippen LogP contribution in [0.25, 0.3) is 11.1 Å². The maximum absolute atomic E-state index is 13.4. The van der Waals surface area contributed by atoms with Gasteiger partial charge in [-0.05, 0) is 46.9 Å². The van der Waals surface area contributed by atoms with Gasteiger partial charge in [0.25, 0.3) is 0 Å². The largest absolute Gasteiger partial charge is 0.338 e. The van der Waals surface area contributed by atoms with Crippen LogP contribution in [0.5, 0.6) is 0 Å². The molecule has 1 saturated heterocycles. The Balaban J connectivity index is 1.50. The maximum atomic E-state index is 13.4. The second kappa shape index (κ2) is 8.99. The van der Waals surface area contributed by atoms with Crippen molar-refractivity contribution in [2.24, 2.45) is 0 Å². The Morgan fingerprint density at radius 1 is 0.968 bits per heavy atom. The third kappa shape index (κ3) is 5.00. The molecule has 0 spiro atoms.